The molecule has 39 heavy (non-hydrogen) atoms. The molecule has 0 unspecified atom stereocenters. The van der Waals surface area contributed by atoms with Gasteiger partial charge in [0.15, 0.2) is 5.17 Å². The lowest BCUT2D eigenvalue weighted by Gasteiger charge is -2.17. The van der Waals surface area contributed by atoms with Crippen LogP contribution in [0, 0.1) is 6.92 Å². The van der Waals surface area contributed by atoms with Crippen LogP contribution < -0.4 is 4.90 Å². The molecule has 1 aromatic heterocycles. The number of hydrogen-bond acceptors (Lipinski definition) is 5. The molecule has 6 heteroatoms. The third-order valence-electron chi connectivity index (χ3n) is 6.75. The molecule has 3 aromatic carbocycles. The number of benzene rings is 3. The summed E-state index contributed by atoms with van der Waals surface area (Å²) in [7, 11) is 0. The van der Waals surface area contributed by atoms with Gasteiger partial charge in [0, 0.05) is 22.4 Å². The van der Waals surface area contributed by atoms with Crippen molar-refractivity contribution in [3.05, 3.63) is 112 Å². The van der Waals surface area contributed by atoms with Gasteiger partial charge in [0.05, 0.1) is 5.69 Å². The summed E-state index contributed by atoms with van der Waals surface area (Å²) in [4.78, 5) is 25.9. The number of amidine groups is 1. The Bertz CT molecular complexity index is 1510. The predicted octanol–water partition coefficient (Wildman–Crippen LogP) is 9.04. The van der Waals surface area contributed by atoms with Gasteiger partial charge in [-0.05, 0) is 53.7 Å². The molecule has 0 bridgehead atoms. The third kappa shape index (κ3) is 6.23. The first kappa shape index (κ1) is 27.1. The minimum Gasteiger partial charge on any atom is -0.266 e. The van der Waals surface area contributed by atoms with Gasteiger partial charge in [-0.3, -0.25) is 9.69 Å². The minimum absolute atomic E-state index is 0.107. The van der Waals surface area contributed by atoms with Crippen LogP contribution in [0.3, 0.4) is 0 Å². The number of anilines is 1. The predicted molar refractivity (Wildman–Crippen MR) is 168 cm³/mol. The molecule has 0 aliphatic carbocycles. The standard InChI is InChI=1S/C33H33N3OS2/c1-21(2)25-10-8-24(9-11-25)18-30-32(37)36(28-16-6-23(5)7-17-28)33(35-30)38-20-29-19-34-31(39-29)27-14-12-26(13-15-27)22(3)4/h6-19,21-22H,20H2,1-5H3/b30-18-. The Morgan fingerprint density at radius 1 is 0.872 bits per heavy atom. The van der Waals surface area contributed by atoms with Crippen LogP contribution in [-0.4, -0.2) is 16.1 Å². The smallest absolute Gasteiger partial charge is 0.266 e. The Hall–Kier alpha value is -3.48. The highest BCUT2D eigenvalue weighted by atomic mass is 32.2. The lowest BCUT2D eigenvalue weighted by atomic mass is 10.0. The first-order chi connectivity index (χ1) is 18.8. The van der Waals surface area contributed by atoms with E-state index in [2.05, 4.69) is 81.2 Å². The maximum Gasteiger partial charge on any atom is 0.283 e. The van der Waals surface area contributed by atoms with Gasteiger partial charge in [0.25, 0.3) is 5.91 Å². The molecule has 1 amide bonds. The second-order valence-corrected chi connectivity index (χ2v) is 12.5. The van der Waals surface area contributed by atoms with E-state index in [1.54, 1.807) is 28.0 Å². The van der Waals surface area contributed by atoms with Gasteiger partial charge in [0.1, 0.15) is 10.7 Å². The number of rotatable bonds is 7. The third-order valence-corrected chi connectivity index (χ3v) is 8.97. The lowest BCUT2D eigenvalue weighted by molar-refractivity contribution is -0.113. The Labute approximate surface area is 239 Å². The second-order valence-electron chi connectivity index (χ2n) is 10.4. The first-order valence-electron chi connectivity index (χ1n) is 13.3. The molecule has 0 spiro atoms. The van der Waals surface area contributed by atoms with Crippen molar-refractivity contribution in [2.75, 3.05) is 4.90 Å². The molecule has 0 saturated heterocycles. The summed E-state index contributed by atoms with van der Waals surface area (Å²) in [6.07, 6.45) is 3.82. The number of carbonyl (C=O) groups is 1. The van der Waals surface area contributed by atoms with Crippen LogP contribution in [0.2, 0.25) is 0 Å². The van der Waals surface area contributed by atoms with Gasteiger partial charge < -0.3 is 0 Å². The van der Waals surface area contributed by atoms with E-state index in [1.807, 2.05) is 43.5 Å². The quantitative estimate of drug-likeness (QED) is 0.215. The van der Waals surface area contributed by atoms with Crippen LogP contribution in [-0.2, 0) is 10.5 Å². The number of aryl methyl sites for hydroxylation is 1. The summed E-state index contributed by atoms with van der Waals surface area (Å²) in [5.41, 5.74) is 7.12. The molecule has 4 aromatic rings. The van der Waals surface area contributed by atoms with Gasteiger partial charge in [-0.25, -0.2) is 9.98 Å². The van der Waals surface area contributed by atoms with Crippen LogP contribution in [0.4, 0.5) is 5.69 Å². The zero-order valence-corrected chi connectivity index (χ0v) is 24.6. The normalized spacial score (nSPS) is 14.6. The van der Waals surface area contributed by atoms with E-state index in [-0.39, 0.29) is 5.91 Å². The Morgan fingerprint density at radius 3 is 2.10 bits per heavy atom. The molecule has 0 saturated carbocycles. The zero-order chi connectivity index (χ0) is 27.5. The minimum atomic E-state index is -0.107. The fraction of sp³-hybridized carbons (Fsp3) is 0.242. The van der Waals surface area contributed by atoms with E-state index >= 15 is 0 Å². The molecule has 0 radical (unpaired) electrons. The topological polar surface area (TPSA) is 45.6 Å². The van der Waals surface area contributed by atoms with Crippen molar-refractivity contribution >= 4 is 45.9 Å². The highest BCUT2D eigenvalue weighted by molar-refractivity contribution is 8.13. The largest absolute Gasteiger partial charge is 0.283 e. The van der Waals surface area contributed by atoms with Crippen molar-refractivity contribution < 1.29 is 4.79 Å². The maximum atomic E-state index is 13.6. The summed E-state index contributed by atoms with van der Waals surface area (Å²) in [6.45, 7) is 10.8. The molecule has 198 valence electrons. The average Bonchev–Trinajstić information content (AvgIpc) is 3.53. The fourth-order valence-electron chi connectivity index (χ4n) is 4.30. The number of nitrogens with zero attached hydrogens (tertiary/aromatic N) is 3. The summed E-state index contributed by atoms with van der Waals surface area (Å²) in [6, 6.07) is 25.0. The molecule has 0 N–H and O–H groups in total. The highest BCUT2D eigenvalue weighted by Gasteiger charge is 2.32. The van der Waals surface area contributed by atoms with Gasteiger partial charge in [-0.1, -0.05) is 106 Å². The van der Waals surface area contributed by atoms with Crippen LogP contribution >= 0.6 is 23.1 Å². The monoisotopic (exact) mass is 551 g/mol. The summed E-state index contributed by atoms with van der Waals surface area (Å²) >= 11 is 3.25. The Balaban J connectivity index is 1.38. The number of hydrogen-bond donors (Lipinski definition) is 0. The van der Waals surface area contributed by atoms with Crippen LogP contribution in [0.25, 0.3) is 16.6 Å². The SMILES string of the molecule is Cc1ccc(N2C(=O)/C(=C/c3ccc(C(C)C)cc3)N=C2SCc2cnc(-c3ccc(C(C)C)cc3)s2)cc1. The van der Waals surface area contributed by atoms with E-state index in [0.717, 1.165) is 32.3 Å². The van der Waals surface area contributed by atoms with E-state index in [4.69, 9.17) is 4.99 Å². The van der Waals surface area contributed by atoms with Crippen molar-refractivity contribution in [1.29, 1.82) is 0 Å². The molecule has 1 aliphatic heterocycles. The van der Waals surface area contributed by atoms with Crippen LogP contribution in [0.1, 0.15) is 66.7 Å². The van der Waals surface area contributed by atoms with Crippen molar-refractivity contribution in [3.63, 3.8) is 0 Å². The molecular formula is C33H33N3OS2. The van der Waals surface area contributed by atoms with Gasteiger partial charge >= 0.3 is 0 Å². The molecule has 2 heterocycles. The fourth-order valence-corrected chi connectivity index (χ4v) is 6.26. The van der Waals surface area contributed by atoms with Crippen molar-refractivity contribution in [2.24, 2.45) is 4.99 Å². The van der Waals surface area contributed by atoms with Gasteiger partial charge in [0.2, 0.25) is 0 Å². The van der Waals surface area contributed by atoms with E-state index < -0.39 is 0 Å². The van der Waals surface area contributed by atoms with Crippen molar-refractivity contribution in [3.8, 4) is 10.6 Å². The number of carbonyl (C=O) groups excluding carboxylic acids is 1. The molecule has 1 aliphatic rings. The Morgan fingerprint density at radius 2 is 1.49 bits per heavy atom. The molecule has 0 atom stereocenters. The number of amides is 1. The molecule has 4 nitrogen and oxygen atoms in total. The van der Waals surface area contributed by atoms with E-state index in [0.29, 0.717) is 28.5 Å². The average molecular weight is 552 g/mol. The number of thioether (sulfide) groups is 1. The second kappa shape index (κ2) is 11.7. The maximum absolute atomic E-state index is 13.6. The van der Waals surface area contributed by atoms with Crippen molar-refractivity contribution in [2.45, 2.75) is 52.2 Å². The molecule has 0 fully saturated rings. The van der Waals surface area contributed by atoms with E-state index in [9.17, 15) is 4.79 Å². The lowest BCUT2D eigenvalue weighted by Crippen LogP contribution is -2.30. The number of aliphatic imine (C=N–C) groups is 1. The first-order valence-corrected chi connectivity index (χ1v) is 15.1. The molecular weight excluding hydrogens is 519 g/mol. The number of thiazole rings is 1. The molecule has 5 rings (SSSR count). The summed E-state index contributed by atoms with van der Waals surface area (Å²) < 4.78 is 0. The van der Waals surface area contributed by atoms with Gasteiger partial charge in [-0.2, -0.15) is 0 Å². The van der Waals surface area contributed by atoms with Crippen LogP contribution in [0.5, 0.6) is 0 Å². The van der Waals surface area contributed by atoms with Crippen molar-refractivity contribution in [1.82, 2.24) is 4.98 Å². The summed E-state index contributed by atoms with van der Waals surface area (Å²) in [5, 5.41) is 1.69. The Kier molecular flexibility index (Phi) is 8.15. The zero-order valence-electron chi connectivity index (χ0n) is 23.0. The van der Waals surface area contributed by atoms with E-state index in [1.165, 1.54) is 11.1 Å². The van der Waals surface area contributed by atoms with Gasteiger partial charge in [-0.15, -0.1) is 11.3 Å². The number of aromatic nitrogens is 1. The van der Waals surface area contributed by atoms with Crippen LogP contribution in [0.15, 0.2) is 89.7 Å². The highest BCUT2D eigenvalue weighted by Crippen LogP contribution is 2.34. The summed E-state index contributed by atoms with van der Waals surface area (Å²) in [5.74, 6) is 1.55.